The number of hydrogen-bond donors (Lipinski definition) is 1. The van der Waals surface area contributed by atoms with E-state index >= 15 is 0 Å². The predicted octanol–water partition coefficient (Wildman–Crippen LogP) is 2.06. The van der Waals surface area contributed by atoms with Gasteiger partial charge in [-0.05, 0) is 38.5 Å². The summed E-state index contributed by atoms with van der Waals surface area (Å²) >= 11 is 0. The van der Waals surface area contributed by atoms with Crippen molar-refractivity contribution in [3.8, 4) is 0 Å². The number of carbonyl (C=O) groups is 1. The highest BCUT2D eigenvalue weighted by Crippen LogP contribution is 2.20. The number of benzene rings is 1. The van der Waals surface area contributed by atoms with Gasteiger partial charge in [-0.25, -0.2) is 8.42 Å². The van der Waals surface area contributed by atoms with Crippen LogP contribution in [-0.4, -0.2) is 20.4 Å². The summed E-state index contributed by atoms with van der Waals surface area (Å²) in [7, 11) is 1.46. The van der Waals surface area contributed by atoms with Crippen molar-refractivity contribution in [1.82, 2.24) is 5.32 Å². The topological polar surface area (TPSA) is 63.2 Å². The molecule has 6 heteroatoms. The van der Waals surface area contributed by atoms with Crippen molar-refractivity contribution in [3.63, 3.8) is 0 Å². The molecule has 0 aliphatic heterocycles. The monoisotopic (exact) mass is 275 g/mol. The third-order valence-corrected chi connectivity index (χ3v) is 3.60. The molecule has 0 atom stereocenters. The van der Waals surface area contributed by atoms with E-state index in [2.05, 4.69) is 5.32 Å². The Balaban J connectivity index is 3.18. The SMILES string of the molecule is Cc1ccc(C(=O)NC(C)C)cc1S(=O)(=O)Cl. The average Bonchev–Trinajstić information content (AvgIpc) is 2.15. The van der Waals surface area contributed by atoms with Crippen LogP contribution in [0.25, 0.3) is 0 Å². The minimum atomic E-state index is -3.83. The number of rotatable bonds is 3. The van der Waals surface area contributed by atoms with Crippen LogP contribution in [0.3, 0.4) is 0 Å². The lowest BCUT2D eigenvalue weighted by Crippen LogP contribution is -2.30. The zero-order valence-corrected chi connectivity index (χ0v) is 11.4. The van der Waals surface area contributed by atoms with Gasteiger partial charge in [0.1, 0.15) is 0 Å². The molecule has 0 saturated carbocycles. The molecule has 0 radical (unpaired) electrons. The molecule has 0 bridgehead atoms. The van der Waals surface area contributed by atoms with Gasteiger partial charge in [-0.15, -0.1) is 0 Å². The Kier molecular flexibility index (Phi) is 4.16. The van der Waals surface area contributed by atoms with Gasteiger partial charge in [0.15, 0.2) is 0 Å². The van der Waals surface area contributed by atoms with Gasteiger partial charge in [0.2, 0.25) is 0 Å². The van der Waals surface area contributed by atoms with E-state index in [1.165, 1.54) is 6.07 Å². The lowest BCUT2D eigenvalue weighted by molar-refractivity contribution is 0.0943. The first-order valence-corrected chi connectivity index (χ1v) is 7.39. The summed E-state index contributed by atoms with van der Waals surface area (Å²) in [5, 5.41) is 2.68. The Hall–Kier alpha value is -1.07. The number of halogens is 1. The van der Waals surface area contributed by atoms with Crippen molar-refractivity contribution in [2.24, 2.45) is 0 Å². The summed E-state index contributed by atoms with van der Waals surface area (Å²) in [6.07, 6.45) is 0. The van der Waals surface area contributed by atoms with Crippen molar-refractivity contribution < 1.29 is 13.2 Å². The van der Waals surface area contributed by atoms with Gasteiger partial charge in [-0.1, -0.05) is 6.07 Å². The third kappa shape index (κ3) is 3.71. The summed E-state index contributed by atoms with van der Waals surface area (Å²) in [6.45, 7) is 5.27. The predicted molar refractivity (Wildman–Crippen MR) is 66.8 cm³/mol. The largest absolute Gasteiger partial charge is 0.350 e. The number of hydrogen-bond acceptors (Lipinski definition) is 3. The zero-order chi connectivity index (χ0) is 13.2. The Morgan fingerprint density at radius 3 is 2.41 bits per heavy atom. The molecule has 0 unspecified atom stereocenters. The van der Waals surface area contributed by atoms with E-state index in [1.54, 1.807) is 19.1 Å². The summed E-state index contributed by atoms with van der Waals surface area (Å²) in [5.74, 6) is -0.318. The quantitative estimate of drug-likeness (QED) is 0.859. The van der Waals surface area contributed by atoms with E-state index in [0.29, 0.717) is 5.56 Å². The molecule has 17 heavy (non-hydrogen) atoms. The van der Waals surface area contributed by atoms with Crippen LogP contribution in [0.4, 0.5) is 0 Å². The van der Waals surface area contributed by atoms with Crippen molar-refractivity contribution in [3.05, 3.63) is 29.3 Å². The highest BCUT2D eigenvalue weighted by atomic mass is 35.7. The maximum absolute atomic E-state index is 11.7. The maximum Gasteiger partial charge on any atom is 0.261 e. The Morgan fingerprint density at radius 2 is 1.94 bits per heavy atom. The van der Waals surface area contributed by atoms with E-state index in [4.69, 9.17) is 10.7 Å². The molecule has 0 aromatic heterocycles. The molecule has 0 aliphatic carbocycles. The molecule has 0 spiro atoms. The number of aryl methyl sites for hydroxylation is 1. The van der Waals surface area contributed by atoms with Gasteiger partial charge < -0.3 is 5.32 Å². The van der Waals surface area contributed by atoms with E-state index in [1.807, 2.05) is 13.8 Å². The molecular weight excluding hydrogens is 262 g/mol. The third-order valence-electron chi connectivity index (χ3n) is 2.13. The Bertz CT molecular complexity index is 538. The van der Waals surface area contributed by atoms with Crippen LogP contribution in [0.2, 0.25) is 0 Å². The van der Waals surface area contributed by atoms with Gasteiger partial charge in [0, 0.05) is 22.3 Å². The Labute approximate surface area is 105 Å². The zero-order valence-electron chi connectivity index (χ0n) is 9.82. The van der Waals surface area contributed by atoms with Crippen LogP contribution in [0.1, 0.15) is 29.8 Å². The molecule has 94 valence electrons. The molecule has 1 aromatic carbocycles. The van der Waals surface area contributed by atoms with E-state index in [-0.39, 0.29) is 22.4 Å². The highest BCUT2D eigenvalue weighted by Gasteiger charge is 2.16. The van der Waals surface area contributed by atoms with Crippen molar-refractivity contribution >= 4 is 25.6 Å². The van der Waals surface area contributed by atoms with Crippen LogP contribution in [-0.2, 0) is 9.05 Å². The molecule has 1 aromatic rings. The van der Waals surface area contributed by atoms with E-state index in [9.17, 15) is 13.2 Å². The molecule has 1 N–H and O–H groups in total. The highest BCUT2D eigenvalue weighted by molar-refractivity contribution is 8.13. The van der Waals surface area contributed by atoms with Crippen LogP contribution in [0.15, 0.2) is 23.1 Å². The van der Waals surface area contributed by atoms with Crippen molar-refractivity contribution in [1.29, 1.82) is 0 Å². The van der Waals surface area contributed by atoms with Gasteiger partial charge in [0.25, 0.3) is 15.0 Å². The second kappa shape index (κ2) is 5.06. The summed E-state index contributed by atoms with van der Waals surface area (Å²) in [4.78, 5) is 11.7. The minimum Gasteiger partial charge on any atom is -0.350 e. The smallest absolute Gasteiger partial charge is 0.261 e. The summed E-state index contributed by atoms with van der Waals surface area (Å²) in [6, 6.07) is 4.40. The van der Waals surface area contributed by atoms with Gasteiger partial charge in [0.05, 0.1) is 4.90 Å². The second-order valence-corrected chi connectivity index (χ2v) is 6.58. The second-order valence-electron chi connectivity index (χ2n) is 4.05. The lowest BCUT2D eigenvalue weighted by atomic mass is 10.1. The molecule has 0 heterocycles. The molecular formula is C11H14ClNO3S. The normalized spacial score (nSPS) is 11.6. The number of carbonyl (C=O) groups excluding carboxylic acids is 1. The van der Waals surface area contributed by atoms with E-state index < -0.39 is 9.05 Å². The maximum atomic E-state index is 11.7. The first kappa shape index (κ1) is 14.0. The van der Waals surface area contributed by atoms with E-state index in [0.717, 1.165) is 0 Å². The van der Waals surface area contributed by atoms with Crippen LogP contribution in [0, 0.1) is 6.92 Å². The summed E-state index contributed by atoms with van der Waals surface area (Å²) < 4.78 is 22.6. The average molecular weight is 276 g/mol. The van der Waals surface area contributed by atoms with Crippen LogP contribution in [0.5, 0.6) is 0 Å². The van der Waals surface area contributed by atoms with Crippen molar-refractivity contribution in [2.45, 2.75) is 31.7 Å². The molecule has 0 fully saturated rings. The first-order valence-electron chi connectivity index (χ1n) is 5.08. The summed E-state index contributed by atoms with van der Waals surface area (Å²) in [5.41, 5.74) is 0.796. The van der Waals surface area contributed by atoms with Gasteiger partial charge in [-0.3, -0.25) is 4.79 Å². The first-order chi connectivity index (χ1) is 7.71. The standard InChI is InChI=1S/C11H14ClNO3S/c1-7(2)13-11(14)9-5-4-8(3)10(6-9)17(12,15)16/h4-7H,1-3H3,(H,13,14). The van der Waals surface area contributed by atoms with Crippen LogP contribution >= 0.6 is 10.7 Å². The fourth-order valence-electron chi connectivity index (χ4n) is 1.35. The van der Waals surface area contributed by atoms with Gasteiger partial charge in [-0.2, -0.15) is 0 Å². The molecule has 0 aliphatic rings. The number of nitrogens with one attached hydrogen (secondary N) is 1. The van der Waals surface area contributed by atoms with Gasteiger partial charge >= 0.3 is 0 Å². The lowest BCUT2D eigenvalue weighted by Gasteiger charge is -2.09. The molecule has 0 saturated heterocycles. The fourth-order valence-corrected chi connectivity index (χ4v) is 2.57. The van der Waals surface area contributed by atoms with Crippen molar-refractivity contribution in [2.75, 3.05) is 0 Å². The fraction of sp³-hybridized carbons (Fsp3) is 0.364. The molecule has 1 rings (SSSR count). The number of amides is 1. The Morgan fingerprint density at radius 1 is 1.35 bits per heavy atom. The minimum absolute atomic E-state index is 0.0140. The van der Waals surface area contributed by atoms with Crippen LogP contribution < -0.4 is 5.32 Å². The molecule has 4 nitrogen and oxygen atoms in total. The molecule has 1 amide bonds.